The smallest absolute Gasteiger partial charge is 0.206 e. The molecule has 0 aliphatic carbocycles. The Labute approximate surface area is 120 Å². The van der Waals surface area contributed by atoms with Gasteiger partial charge >= 0.3 is 0 Å². The van der Waals surface area contributed by atoms with Gasteiger partial charge in [-0.15, -0.1) is 0 Å². The van der Waals surface area contributed by atoms with Crippen LogP contribution in [0.1, 0.15) is 0 Å². The van der Waals surface area contributed by atoms with Gasteiger partial charge in [-0.2, -0.15) is 0 Å². The highest BCUT2D eigenvalue weighted by molar-refractivity contribution is 9.10. The van der Waals surface area contributed by atoms with Gasteiger partial charge in [0.05, 0.1) is 11.2 Å². The molecule has 3 nitrogen and oxygen atoms in total. The summed E-state index contributed by atoms with van der Waals surface area (Å²) in [5, 5.41) is 0. The second-order valence-electron chi connectivity index (χ2n) is 4.13. The summed E-state index contributed by atoms with van der Waals surface area (Å²) in [6.07, 6.45) is 0. The van der Waals surface area contributed by atoms with Gasteiger partial charge in [0.1, 0.15) is 11.3 Å². The number of fused-ring (bicyclic) bond motifs is 1. The normalized spacial score (nSPS) is 11.2. The molecule has 2 aromatic carbocycles. The standard InChI is InChI=1S/C13H7BrF3N3/c14-7-2-1-6(15)5-10(7)20-12-9(19-13(20)18)4-3-8(16)11(12)17/h1-5H,(H2,18,19). The minimum absolute atomic E-state index is 0.0594. The van der Waals surface area contributed by atoms with Gasteiger partial charge in [-0.05, 0) is 46.3 Å². The molecule has 0 bridgehead atoms. The van der Waals surface area contributed by atoms with E-state index in [0.717, 1.165) is 12.1 Å². The van der Waals surface area contributed by atoms with E-state index in [1.54, 1.807) is 0 Å². The van der Waals surface area contributed by atoms with Gasteiger partial charge in [0.25, 0.3) is 0 Å². The topological polar surface area (TPSA) is 43.8 Å². The molecule has 0 saturated heterocycles. The highest BCUT2D eigenvalue weighted by Crippen LogP contribution is 2.30. The molecule has 3 rings (SSSR count). The summed E-state index contributed by atoms with van der Waals surface area (Å²) >= 11 is 3.23. The minimum Gasteiger partial charge on any atom is -0.369 e. The Balaban J connectivity index is 2.44. The summed E-state index contributed by atoms with van der Waals surface area (Å²) in [5.74, 6) is -2.69. The van der Waals surface area contributed by atoms with Crippen LogP contribution in [0.5, 0.6) is 0 Å². The van der Waals surface area contributed by atoms with E-state index in [4.69, 9.17) is 5.73 Å². The fourth-order valence-electron chi connectivity index (χ4n) is 2.02. The van der Waals surface area contributed by atoms with E-state index in [9.17, 15) is 13.2 Å². The number of aromatic nitrogens is 2. The van der Waals surface area contributed by atoms with E-state index in [-0.39, 0.29) is 22.7 Å². The number of benzene rings is 2. The highest BCUT2D eigenvalue weighted by atomic mass is 79.9. The van der Waals surface area contributed by atoms with E-state index >= 15 is 0 Å². The van der Waals surface area contributed by atoms with Crippen LogP contribution in [0.4, 0.5) is 19.1 Å². The molecule has 0 aliphatic heterocycles. The predicted octanol–water partition coefficient (Wildman–Crippen LogP) is 3.79. The first-order valence-electron chi connectivity index (χ1n) is 5.56. The maximum absolute atomic E-state index is 14.0. The number of nitrogens with two attached hydrogens (primary N) is 1. The van der Waals surface area contributed by atoms with Crippen molar-refractivity contribution in [2.24, 2.45) is 0 Å². The van der Waals surface area contributed by atoms with E-state index < -0.39 is 17.5 Å². The molecule has 0 amide bonds. The number of hydrogen-bond donors (Lipinski definition) is 1. The summed E-state index contributed by atoms with van der Waals surface area (Å²) in [4.78, 5) is 3.95. The van der Waals surface area contributed by atoms with Gasteiger partial charge in [-0.25, -0.2) is 18.2 Å². The average molecular weight is 342 g/mol. The molecule has 0 unspecified atom stereocenters. The quantitative estimate of drug-likeness (QED) is 0.731. The molecule has 2 N–H and O–H groups in total. The lowest BCUT2D eigenvalue weighted by atomic mass is 10.2. The first-order chi connectivity index (χ1) is 9.49. The molecular weight excluding hydrogens is 335 g/mol. The number of halogens is 4. The van der Waals surface area contributed by atoms with Crippen LogP contribution < -0.4 is 5.73 Å². The molecule has 7 heteroatoms. The third kappa shape index (κ3) is 1.85. The van der Waals surface area contributed by atoms with Crippen molar-refractivity contribution in [2.75, 3.05) is 5.73 Å². The summed E-state index contributed by atoms with van der Waals surface area (Å²) in [5.41, 5.74) is 6.05. The zero-order valence-electron chi connectivity index (χ0n) is 9.87. The number of rotatable bonds is 1. The minimum atomic E-state index is -1.08. The van der Waals surface area contributed by atoms with Crippen LogP contribution in [0.25, 0.3) is 16.7 Å². The van der Waals surface area contributed by atoms with Gasteiger partial charge in [0, 0.05) is 4.47 Å². The van der Waals surface area contributed by atoms with Crippen molar-refractivity contribution >= 4 is 32.9 Å². The van der Waals surface area contributed by atoms with Gasteiger partial charge < -0.3 is 5.73 Å². The van der Waals surface area contributed by atoms with Gasteiger partial charge in [0.15, 0.2) is 11.6 Å². The van der Waals surface area contributed by atoms with Crippen molar-refractivity contribution in [3.8, 4) is 5.69 Å². The fraction of sp³-hybridized carbons (Fsp3) is 0. The molecular formula is C13H7BrF3N3. The van der Waals surface area contributed by atoms with Crippen LogP contribution >= 0.6 is 15.9 Å². The number of hydrogen-bond acceptors (Lipinski definition) is 2. The van der Waals surface area contributed by atoms with Crippen LogP contribution in [-0.4, -0.2) is 9.55 Å². The first kappa shape index (κ1) is 13.0. The Morgan fingerprint density at radius 1 is 1.10 bits per heavy atom. The Kier molecular flexibility index (Phi) is 2.93. The molecule has 0 radical (unpaired) electrons. The lowest BCUT2D eigenvalue weighted by molar-refractivity contribution is 0.514. The SMILES string of the molecule is Nc1nc2ccc(F)c(F)c2n1-c1cc(F)ccc1Br. The van der Waals surface area contributed by atoms with Crippen molar-refractivity contribution in [3.63, 3.8) is 0 Å². The molecule has 0 aliphatic rings. The third-order valence-corrected chi connectivity index (χ3v) is 3.56. The van der Waals surface area contributed by atoms with E-state index in [1.807, 2.05) is 0 Å². The first-order valence-corrected chi connectivity index (χ1v) is 6.35. The Morgan fingerprint density at radius 3 is 2.60 bits per heavy atom. The molecule has 0 saturated carbocycles. The molecule has 0 spiro atoms. The molecule has 20 heavy (non-hydrogen) atoms. The van der Waals surface area contributed by atoms with Crippen LogP contribution in [0.2, 0.25) is 0 Å². The monoisotopic (exact) mass is 341 g/mol. The largest absolute Gasteiger partial charge is 0.369 e. The third-order valence-electron chi connectivity index (χ3n) is 2.88. The van der Waals surface area contributed by atoms with Gasteiger partial charge in [-0.1, -0.05) is 0 Å². The summed E-state index contributed by atoms with van der Waals surface area (Å²) in [6.45, 7) is 0. The van der Waals surface area contributed by atoms with E-state index in [1.165, 1.54) is 22.8 Å². The van der Waals surface area contributed by atoms with Crippen LogP contribution in [0.3, 0.4) is 0 Å². The van der Waals surface area contributed by atoms with Crippen molar-refractivity contribution in [3.05, 3.63) is 52.3 Å². The van der Waals surface area contributed by atoms with E-state index in [0.29, 0.717) is 4.47 Å². The molecule has 0 fully saturated rings. The molecule has 3 aromatic rings. The Bertz CT molecular complexity index is 829. The van der Waals surface area contributed by atoms with Crippen molar-refractivity contribution in [1.82, 2.24) is 9.55 Å². The second kappa shape index (κ2) is 4.52. The zero-order valence-corrected chi connectivity index (χ0v) is 11.5. The predicted molar refractivity (Wildman–Crippen MR) is 73.1 cm³/mol. The van der Waals surface area contributed by atoms with Crippen molar-refractivity contribution in [1.29, 1.82) is 0 Å². The zero-order chi connectivity index (χ0) is 14.4. The molecule has 102 valence electrons. The van der Waals surface area contributed by atoms with Crippen molar-refractivity contribution in [2.45, 2.75) is 0 Å². The number of nitrogen functional groups attached to an aromatic ring is 1. The number of imidazole rings is 1. The molecule has 1 aromatic heterocycles. The van der Waals surface area contributed by atoms with Gasteiger partial charge in [0.2, 0.25) is 5.95 Å². The maximum Gasteiger partial charge on any atom is 0.206 e. The van der Waals surface area contributed by atoms with Gasteiger partial charge in [-0.3, -0.25) is 4.57 Å². The number of nitrogens with zero attached hydrogens (tertiary/aromatic N) is 2. The summed E-state index contributed by atoms with van der Waals surface area (Å²) in [6, 6.07) is 6.13. The van der Waals surface area contributed by atoms with Crippen LogP contribution in [-0.2, 0) is 0 Å². The second-order valence-corrected chi connectivity index (χ2v) is 4.98. The number of anilines is 1. The lowest BCUT2D eigenvalue weighted by Crippen LogP contribution is -2.03. The summed E-state index contributed by atoms with van der Waals surface area (Å²) < 4.78 is 42.4. The maximum atomic E-state index is 14.0. The van der Waals surface area contributed by atoms with E-state index in [2.05, 4.69) is 20.9 Å². The molecule has 0 atom stereocenters. The Morgan fingerprint density at radius 2 is 1.85 bits per heavy atom. The van der Waals surface area contributed by atoms with Crippen molar-refractivity contribution < 1.29 is 13.2 Å². The lowest BCUT2D eigenvalue weighted by Gasteiger charge is -2.09. The summed E-state index contributed by atoms with van der Waals surface area (Å²) in [7, 11) is 0. The average Bonchev–Trinajstić information content (AvgIpc) is 2.74. The highest BCUT2D eigenvalue weighted by Gasteiger charge is 2.19. The van der Waals surface area contributed by atoms with Crippen LogP contribution in [0.15, 0.2) is 34.8 Å². The Hall–Kier alpha value is -2.02. The van der Waals surface area contributed by atoms with Crippen LogP contribution in [0, 0.1) is 17.5 Å². The fourth-order valence-corrected chi connectivity index (χ4v) is 2.45. The molecule has 1 heterocycles.